The minimum atomic E-state index is 0.0272. The summed E-state index contributed by atoms with van der Waals surface area (Å²) >= 11 is 0. The van der Waals surface area contributed by atoms with Gasteiger partial charge in [-0.3, -0.25) is 9.36 Å². The molecule has 1 aromatic carbocycles. The number of aromatic nitrogens is 2. The molecule has 1 aliphatic rings. The van der Waals surface area contributed by atoms with E-state index in [0.717, 1.165) is 23.4 Å². The average Bonchev–Trinajstić information content (AvgIpc) is 2.66. The Hall–Kier alpha value is -1.90. The van der Waals surface area contributed by atoms with Gasteiger partial charge in [-0.25, -0.2) is 4.98 Å². The van der Waals surface area contributed by atoms with Gasteiger partial charge in [-0.05, 0) is 11.6 Å². The van der Waals surface area contributed by atoms with E-state index >= 15 is 0 Å². The van der Waals surface area contributed by atoms with E-state index in [4.69, 9.17) is 0 Å². The molecule has 3 heteroatoms. The molecule has 0 saturated heterocycles. The molecule has 0 atom stereocenters. The molecule has 0 N–H and O–H groups in total. The number of fused-ring (bicyclic) bond motifs is 2. The van der Waals surface area contributed by atoms with E-state index in [1.165, 1.54) is 0 Å². The molecule has 0 radical (unpaired) electrons. The molecule has 2 aromatic rings. The Morgan fingerprint density at radius 3 is 3.07 bits per heavy atom. The topological polar surface area (TPSA) is 34.9 Å². The third-order valence-corrected chi connectivity index (χ3v) is 2.53. The molecule has 0 amide bonds. The van der Waals surface area contributed by atoms with Gasteiger partial charge in [0.2, 0.25) is 0 Å². The highest BCUT2D eigenvalue weighted by Crippen LogP contribution is 2.20. The maximum absolute atomic E-state index is 11.9. The lowest BCUT2D eigenvalue weighted by Crippen LogP contribution is -2.21. The number of imidazole rings is 1. The summed E-state index contributed by atoms with van der Waals surface area (Å²) in [6, 6.07) is 7.68. The number of carbonyl (C=O) groups is 1. The quantitative estimate of drug-likeness (QED) is 0.530. The van der Waals surface area contributed by atoms with Gasteiger partial charge in [0, 0.05) is 24.4 Å². The largest absolute Gasteiger partial charge is 0.269 e. The second-order valence-corrected chi connectivity index (χ2v) is 3.35. The van der Waals surface area contributed by atoms with Crippen molar-refractivity contribution in [3.63, 3.8) is 0 Å². The Morgan fingerprint density at radius 2 is 2.14 bits per heavy atom. The van der Waals surface area contributed by atoms with Crippen LogP contribution in [0.25, 0.3) is 0 Å². The molecule has 2 heterocycles. The lowest BCUT2D eigenvalue weighted by atomic mass is 10.0. The van der Waals surface area contributed by atoms with Crippen LogP contribution in [0, 0.1) is 0 Å². The highest BCUT2D eigenvalue weighted by molar-refractivity contribution is 5.98. The fourth-order valence-electron chi connectivity index (χ4n) is 1.83. The highest BCUT2D eigenvalue weighted by atomic mass is 16.2. The lowest BCUT2D eigenvalue weighted by molar-refractivity contribution is 0.0951. The van der Waals surface area contributed by atoms with Crippen LogP contribution in [0.2, 0.25) is 0 Å². The van der Waals surface area contributed by atoms with Crippen molar-refractivity contribution in [2.45, 2.75) is 6.42 Å². The number of hydrogen-bond donors (Lipinski definition) is 0. The Balaban J connectivity index is 2.26. The van der Waals surface area contributed by atoms with Gasteiger partial charge in [-0.15, -0.1) is 0 Å². The first kappa shape index (κ1) is 7.50. The Bertz CT molecular complexity index is 514. The number of hydrogen-bond acceptors (Lipinski definition) is 2. The maximum atomic E-state index is 11.9. The minimum Gasteiger partial charge on any atom is -0.269 e. The molecule has 0 saturated carbocycles. The van der Waals surface area contributed by atoms with Gasteiger partial charge in [0.15, 0.2) is 0 Å². The van der Waals surface area contributed by atoms with E-state index in [0.29, 0.717) is 0 Å². The van der Waals surface area contributed by atoms with Crippen LogP contribution in [0.4, 0.5) is 0 Å². The maximum Gasteiger partial charge on any atom is 0.263 e. The van der Waals surface area contributed by atoms with Crippen molar-refractivity contribution in [2.75, 3.05) is 0 Å². The van der Waals surface area contributed by atoms with Crippen LogP contribution >= 0.6 is 0 Å². The molecular formula is C11H8N2O. The van der Waals surface area contributed by atoms with E-state index in [-0.39, 0.29) is 5.91 Å². The molecule has 3 nitrogen and oxygen atoms in total. The summed E-state index contributed by atoms with van der Waals surface area (Å²) in [6.07, 6.45) is 4.13. The van der Waals surface area contributed by atoms with E-state index in [1.54, 1.807) is 17.0 Å². The molecule has 3 rings (SSSR count). The first-order valence-electron chi connectivity index (χ1n) is 4.51. The lowest BCUT2D eigenvalue weighted by Gasteiger charge is -2.15. The van der Waals surface area contributed by atoms with Gasteiger partial charge in [-0.1, -0.05) is 18.2 Å². The molecule has 68 valence electrons. The van der Waals surface area contributed by atoms with Gasteiger partial charge < -0.3 is 0 Å². The predicted molar refractivity (Wildman–Crippen MR) is 51.2 cm³/mol. The van der Waals surface area contributed by atoms with Crippen molar-refractivity contribution in [2.24, 2.45) is 0 Å². The molecule has 1 aliphatic heterocycles. The summed E-state index contributed by atoms with van der Waals surface area (Å²) in [7, 11) is 0. The summed E-state index contributed by atoms with van der Waals surface area (Å²) in [5.41, 5.74) is 1.86. The fourth-order valence-corrected chi connectivity index (χ4v) is 1.83. The normalized spacial score (nSPS) is 13.6. The summed E-state index contributed by atoms with van der Waals surface area (Å²) in [5, 5.41) is 0. The van der Waals surface area contributed by atoms with Crippen molar-refractivity contribution in [3.8, 4) is 0 Å². The Morgan fingerprint density at radius 1 is 1.29 bits per heavy atom. The van der Waals surface area contributed by atoms with E-state index in [9.17, 15) is 4.79 Å². The van der Waals surface area contributed by atoms with Crippen molar-refractivity contribution >= 4 is 5.91 Å². The van der Waals surface area contributed by atoms with Crippen LogP contribution in [0.15, 0.2) is 36.7 Å². The van der Waals surface area contributed by atoms with Gasteiger partial charge in [0.25, 0.3) is 5.91 Å². The second-order valence-electron chi connectivity index (χ2n) is 3.35. The minimum absolute atomic E-state index is 0.0272. The van der Waals surface area contributed by atoms with Gasteiger partial charge in [0.1, 0.15) is 5.82 Å². The van der Waals surface area contributed by atoms with Gasteiger partial charge in [-0.2, -0.15) is 0 Å². The van der Waals surface area contributed by atoms with E-state index in [2.05, 4.69) is 4.98 Å². The fraction of sp³-hybridized carbons (Fsp3) is 0.0909. The summed E-state index contributed by atoms with van der Waals surface area (Å²) < 4.78 is 1.61. The smallest absolute Gasteiger partial charge is 0.263 e. The molecule has 0 aliphatic carbocycles. The standard InChI is InChI=1S/C11H8N2O/c14-11-9-4-2-1-3-8(9)7-10-12-5-6-13(10)11/h1-6H,7H2. The monoisotopic (exact) mass is 184 g/mol. The van der Waals surface area contributed by atoms with E-state index in [1.807, 2.05) is 24.3 Å². The van der Waals surface area contributed by atoms with Crippen molar-refractivity contribution < 1.29 is 4.79 Å². The van der Waals surface area contributed by atoms with Crippen LogP contribution in [0.1, 0.15) is 21.7 Å². The first-order valence-corrected chi connectivity index (χ1v) is 4.51. The third kappa shape index (κ3) is 0.865. The van der Waals surface area contributed by atoms with Crippen LogP contribution in [0.3, 0.4) is 0 Å². The van der Waals surface area contributed by atoms with Crippen LogP contribution in [-0.2, 0) is 6.42 Å². The summed E-state index contributed by atoms with van der Waals surface area (Å²) in [4.78, 5) is 16.0. The predicted octanol–water partition coefficient (Wildman–Crippen LogP) is 1.48. The molecule has 1 aromatic heterocycles. The summed E-state index contributed by atoms with van der Waals surface area (Å²) in [6.45, 7) is 0. The molecular weight excluding hydrogens is 176 g/mol. The van der Waals surface area contributed by atoms with Crippen LogP contribution < -0.4 is 0 Å². The number of carbonyl (C=O) groups excluding carboxylic acids is 1. The zero-order valence-electron chi connectivity index (χ0n) is 7.47. The number of nitrogens with zero attached hydrogens (tertiary/aromatic N) is 2. The second kappa shape index (κ2) is 2.54. The zero-order valence-corrected chi connectivity index (χ0v) is 7.47. The zero-order chi connectivity index (χ0) is 9.54. The number of rotatable bonds is 0. The van der Waals surface area contributed by atoms with Crippen LogP contribution in [-0.4, -0.2) is 15.5 Å². The summed E-state index contributed by atoms with van der Waals surface area (Å²) in [5.74, 6) is 0.855. The number of benzene rings is 1. The van der Waals surface area contributed by atoms with Crippen molar-refractivity contribution in [3.05, 3.63) is 53.6 Å². The first-order chi connectivity index (χ1) is 6.86. The molecule has 14 heavy (non-hydrogen) atoms. The molecule has 0 fully saturated rings. The molecule has 0 unspecified atom stereocenters. The third-order valence-electron chi connectivity index (χ3n) is 2.53. The van der Waals surface area contributed by atoms with Crippen LogP contribution in [0.5, 0.6) is 0 Å². The Kier molecular flexibility index (Phi) is 1.36. The van der Waals surface area contributed by atoms with Crippen molar-refractivity contribution in [1.82, 2.24) is 9.55 Å². The average molecular weight is 184 g/mol. The molecule has 0 spiro atoms. The van der Waals surface area contributed by atoms with E-state index < -0.39 is 0 Å². The SMILES string of the molecule is O=C1c2ccccc2Cc2nccn21. The van der Waals surface area contributed by atoms with Crippen molar-refractivity contribution in [1.29, 1.82) is 0 Å². The Labute approximate surface area is 81.0 Å². The van der Waals surface area contributed by atoms with Gasteiger partial charge in [0.05, 0.1) is 0 Å². The van der Waals surface area contributed by atoms with Gasteiger partial charge >= 0.3 is 0 Å². The molecule has 0 bridgehead atoms. The highest BCUT2D eigenvalue weighted by Gasteiger charge is 2.21.